The van der Waals surface area contributed by atoms with Crippen molar-refractivity contribution < 1.29 is 28.6 Å². The van der Waals surface area contributed by atoms with Crippen LogP contribution in [-0.2, 0) is 28.6 Å². The molecule has 0 N–H and O–H groups in total. The highest BCUT2D eigenvalue weighted by Crippen LogP contribution is 2.15. The Hall–Kier alpha value is -3.93. The van der Waals surface area contributed by atoms with Crippen molar-refractivity contribution in [1.29, 1.82) is 0 Å². The fourth-order valence-corrected chi connectivity index (χ4v) is 8.40. The van der Waals surface area contributed by atoms with E-state index in [0.717, 1.165) is 96.3 Å². The zero-order chi connectivity index (χ0) is 53.6. The summed E-state index contributed by atoms with van der Waals surface area (Å²) in [5, 5.41) is 0. The van der Waals surface area contributed by atoms with Crippen LogP contribution < -0.4 is 0 Å². The van der Waals surface area contributed by atoms with E-state index in [1.165, 1.54) is 148 Å². The largest absolute Gasteiger partial charge is 0.462 e. The van der Waals surface area contributed by atoms with Crippen LogP contribution in [-0.4, -0.2) is 37.2 Å². The van der Waals surface area contributed by atoms with Crippen LogP contribution in [0.1, 0.15) is 284 Å². The summed E-state index contributed by atoms with van der Waals surface area (Å²) in [4.78, 5) is 38.1. The molecule has 0 radical (unpaired) electrons. The van der Waals surface area contributed by atoms with Crippen molar-refractivity contribution in [3.05, 3.63) is 109 Å². The summed E-state index contributed by atoms with van der Waals surface area (Å²) in [6.45, 7) is 6.42. The maximum atomic E-state index is 12.8. The molecule has 1 atom stereocenters. The van der Waals surface area contributed by atoms with Gasteiger partial charge in [-0.15, -0.1) is 0 Å². The normalized spacial score (nSPS) is 12.9. The van der Waals surface area contributed by atoms with Gasteiger partial charge in [-0.3, -0.25) is 14.4 Å². The van der Waals surface area contributed by atoms with E-state index in [9.17, 15) is 14.4 Å². The summed E-state index contributed by atoms with van der Waals surface area (Å²) < 4.78 is 16.8. The Morgan fingerprint density at radius 2 is 0.568 bits per heavy atom. The van der Waals surface area contributed by atoms with E-state index < -0.39 is 12.1 Å². The van der Waals surface area contributed by atoms with Crippen molar-refractivity contribution in [3.63, 3.8) is 0 Å². The molecular weight excluding hydrogens is 913 g/mol. The van der Waals surface area contributed by atoms with Crippen molar-refractivity contribution in [2.24, 2.45) is 0 Å². The molecule has 0 aliphatic carbocycles. The monoisotopic (exact) mass is 1030 g/mol. The van der Waals surface area contributed by atoms with Crippen LogP contribution >= 0.6 is 0 Å². The molecule has 0 spiro atoms. The molecule has 1 unspecified atom stereocenters. The molecule has 422 valence electrons. The van der Waals surface area contributed by atoms with Gasteiger partial charge in [-0.2, -0.15) is 0 Å². The van der Waals surface area contributed by atoms with Crippen molar-refractivity contribution in [2.45, 2.75) is 290 Å². The minimum Gasteiger partial charge on any atom is -0.462 e. The molecular formula is C68H114O6. The summed E-state index contributed by atoms with van der Waals surface area (Å²) >= 11 is 0. The molecule has 0 saturated heterocycles. The Balaban J connectivity index is 4.36. The van der Waals surface area contributed by atoms with Gasteiger partial charge < -0.3 is 14.2 Å². The van der Waals surface area contributed by atoms with E-state index in [-0.39, 0.29) is 31.6 Å². The topological polar surface area (TPSA) is 78.9 Å². The zero-order valence-electron chi connectivity index (χ0n) is 48.3. The lowest BCUT2D eigenvalue weighted by Crippen LogP contribution is -2.30. The lowest BCUT2D eigenvalue weighted by molar-refractivity contribution is -0.166. The number of esters is 3. The van der Waals surface area contributed by atoms with Crippen molar-refractivity contribution in [3.8, 4) is 0 Å². The number of rotatable bonds is 55. The Kier molecular flexibility index (Phi) is 58.3. The van der Waals surface area contributed by atoms with Crippen LogP contribution in [0.2, 0.25) is 0 Å². The number of hydrogen-bond donors (Lipinski definition) is 0. The second-order valence-corrected chi connectivity index (χ2v) is 20.2. The van der Waals surface area contributed by atoms with Gasteiger partial charge in [0.25, 0.3) is 0 Å². The van der Waals surface area contributed by atoms with Gasteiger partial charge >= 0.3 is 17.9 Å². The lowest BCUT2D eigenvalue weighted by atomic mass is 10.0. The van der Waals surface area contributed by atoms with Gasteiger partial charge in [0.15, 0.2) is 6.10 Å². The molecule has 0 rings (SSSR count). The first-order valence-corrected chi connectivity index (χ1v) is 30.9. The summed E-state index contributed by atoms with van der Waals surface area (Å²) in [6, 6.07) is 0. The number of hydrogen-bond acceptors (Lipinski definition) is 6. The third kappa shape index (κ3) is 59.0. The maximum Gasteiger partial charge on any atom is 0.310 e. The Bertz CT molecular complexity index is 1510. The standard InChI is InChI=1S/C68H114O6/c1-4-7-10-13-16-19-22-25-28-29-30-31-32-33-34-35-36-37-38-39-41-43-46-49-52-55-58-61-67(70)73-64-65(63-72-66(69)60-57-54-51-48-45-42-27-24-21-18-15-12-9-6-3)74-68(71)62-59-56-53-50-47-44-40-26-23-20-17-14-11-8-5-2/h8,11,17,20,22,24-27,29-30,32-33,40,47,50,56,59,65H,4-7,9-10,12-16,18-19,21,23,28,31,34-39,41-46,48-49,51-55,57-58,60-64H2,1-3H3/b11-8-,20-17-,25-22-,27-24-,30-29-,33-32-,40-26-,50-47-,59-56-. The zero-order valence-corrected chi connectivity index (χ0v) is 48.3. The number of allylic oxidation sites excluding steroid dienone is 17. The van der Waals surface area contributed by atoms with E-state index in [1.54, 1.807) is 6.08 Å². The smallest absolute Gasteiger partial charge is 0.310 e. The van der Waals surface area contributed by atoms with E-state index in [1.807, 2.05) is 6.08 Å². The number of carbonyl (C=O) groups is 3. The average Bonchev–Trinajstić information content (AvgIpc) is 3.40. The fraction of sp³-hybridized carbons (Fsp3) is 0.691. The molecule has 74 heavy (non-hydrogen) atoms. The molecule has 0 saturated carbocycles. The van der Waals surface area contributed by atoms with E-state index >= 15 is 0 Å². The highest BCUT2D eigenvalue weighted by Gasteiger charge is 2.19. The quantitative estimate of drug-likeness (QED) is 0.0261. The van der Waals surface area contributed by atoms with Crippen molar-refractivity contribution in [2.75, 3.05) is 13.2 Å². The molecule has 0 heterocycles. The fourth-order valence-electron chi connectivity index (χ4n) is 8.40. The van der Waals surface area contributed by atoms with Crippen LogP contribution in [0.25, 0.3) is 0 Å². The summed E-state index contributed by atoms with van der Waals surface area (Å²) in [5.41, 5.74) is 0. The van der Waals surface area contributed by atoms with Crippen LogP contribution in [0.5, 0.6) is 0 Å². The molecule has 0 aromatic carbocycles. The Labute approximate surface area is 457 Å². The number of ether oxygens (including phenoxy) is 3. The van der Waals surface area contributed by atoms with Crippen LogP contribution in [0, 0.1) is 0 Å². The first kappa shape index (κ1) is 70.1. The van der Waals surface area contributed by atoms with E-state index in [0.29, 0.717) is 12.8 Å². The molecule has 0 fully saturated rings. The minimum atomic E-state index is -0.838. The van der Waals surface area contributed by atoms with Gasteiger partial charge in [0, 0.05) is 12.8 Å². The van der Waals surface area contributed by atoms with Gasteiger partial charge in [-0.1, -0.05) is 265 Å². The number of carbonyl (C=O) groups excluding carboxylic acids is 3. The molecule has 0 aromatic heterocycles. The highest BCUT2D eigenvalue weighted by atomic mass is 16.6. The third-order valence-corrected chi connectivity index (χ3v) is 13.0. The predicted octanol–water partition coefficient (Wildman–Crippen LogP) is 21.0. The number of unbranched alkanes of at least 4 members (excludes halogenated alkanes) is 27. The van der Waals surface area contributed by atoms with Gasteiger partial charge in [0.05, 0.1) is 6.42 Å². The molecule has 6 heteroatoms. The Morgan fingerprint density at radius 1 is 0.297 bits per heavy atom. The van der Waals surface area contributed by atoms with Crippen LogP contribution in [0.3, 0.4) is 0 Å². The predicted molar refractivity (Wildman–Crippen MR) is 320 cm³/mol. The van der Waals surface area contributed by atoms with Gasteiger partial charge in [0.2, 0.25) is 0 Å². The second kappa shape index (κ2) is 61.6. The lowest BCUT2D eigenvalue weighted by Gasteiger charge is -2.18. The maximum absolute atomic E-state index is 12.8. The molecule has 0 bridgehead atoms. The average molecular weight is 1030 g/mol. The van der Waals surface area contributed by atoms with Crippen molar-refractivity contribution in [1.82, 2.24) is 0 Å². The third-order valence-electron chi connectivity index (χ3n) is 13.0. The SMILES string of the molecule is CC/C=C\C/C=C\C/C=C\C/C=C\C/C=C\CC(=O)OC(COC(=O)CCCCCCC/C=C\CCCCCCC)COC(=O)CCCCCCCCCCCCCC/C=C\C/C=C\C/C=C\CCCCCCC. The van der Waals surface area contributed by atoms with Gasteiger partial charge in [-0.05, 0) is 109 Å². The summed E-state index contributed by atoms with van der Waals surface area (Å²) in [7, 11) is 0. The molecule has 6 nitrogen and oxygen atoms in total. The van der Waals surface area contributed by atoms with Crippen LogP contribution in [0.4, 0.5) is 0 Å². The highest BCUT2D eigenvalue weighted by molar-refractivity contribution is 5.72. The van der Waals surface area contributed by atoms with Gasteiger partial charge in [-0.25, -0.2) is 0 Å². The van der Waals surface area contributed by atoms with Gasteiger partial charge in [0.1, 0.15) is 13.2 Å². The minimum absolute atomic E-state index is 0.0928. The first-order chi connectivity index (χ1) is 36.5. The molecule has 0 aromatic rings. The Morgan fingerprint density at radius 3 is 0.905 bits per heavy atom. The summed E-state index contributed by atoms with van der Waals surface area (Å²) in [6.07, 6.45) is 84.1. The van der Waals surface area contributed by atoms with E-state index in [4.69, 9.17) is 14.2 Å². The van der Waals surface area contributed by atoms with Crippen molar-refractivity contribution >= 4 is 17.9 Å². The molecule has 0 amide bonds. The second-order valence-electron chi connectivity index (χ2n) is 20.2. The first-order valence-electron chi connectivity index (χ1n) is 30.9. The molecule has 0 aliphatic rings. The molecule has 0 aliphatic heterocycles. The summed E-state index contributed by atoms with van der Waals surface area (Å²) in [5.74, 6) is -1.06. The van der Waals surface area contributed by atoms with E-state index in [2.05, 4.69) is 118 Å². The van der Waals surface area contributed by atoms with Crippen LogP contribution in [0.15, 0.2) is 109 Å².